The van der Waals surface area contributed by atoms with E-state index in [1.165, 1.54) is 66.4 Å². The Balaban J connectivity index is 1.14. The third-order valence-corrected chi connectivity index (χ3v) is 13.1. The minimum absolute atomic E-state index is 0.215. The molecule has 9 aromatic carbocycles. The molecule has 0 unspecified atom stereocenters. The lowest BCUT2D eigenvalue weighted by Crippen LogP contribution is -2.28. The van der Waals surface area contributed by atoms with Crippen molar-refractivity contribution in [2.75, 3.05) is 4.90 Å². The maximum absolute atomic E-state index is 6.93. The van der Waals surface area contributed by atoms with Gasteiger partial charge in [0.05, 0.1) is 5.41 Å². The van der Waals surface area contributed by atoms with Crippen LogP contribution in [0.2, 0.25) is 0 Å². The topological polar surface area (TPSA) is 16.4 Å². The highest BCUT2D eigenvalue weighted by molar-refractivity contribution is 6.23. The van der Waals surface area contributed by atoms with Gasteiger partial charge in [0, 0.05) is 38.6 Å². The van der Waals surface area contributed by atoms with Crippen molar-refractivity contribution in [3.63, 3.8) is 0 Å². The Kier molecular flexibility index (Phi) is 6.93. The van der Waals surface area contributed by atoms with E-state index in [2.05, 4.69) is 219 Å². The highest BCUT2D eigenvalue weighted by Gasteiger charge is 2.46. The molecule has 0 saturated carbocycles. The smallest absolute Gasteiger partial charge is 0.143 e. The second-order valence-electron chi connectivity index (χ2n) is 16.4. The molecule has 274 valence electrons. The Bertz CT molecular complexity index is 3210. The van der Waals surface area contributed by atoms with E-state index in [1.54, 1.807) is 0 Å². The number of hydrogen-bond acceptors (Lipinski definition) is 2. The minimum atomic E-state index is -0.500. The second-order valence-corrected chi connectivity index (χ2v) is 16.4. The van der Waals surface area contributed by atoms with Gasteiger partial charge in [-0.1, -0.05) is 172 Å². The van der Waals surface area contributed by atoms with Crippen LogP contribution in [0.1, 0.15) is 47.2 Å². The molecule has 0 atom stereocenters. The maximum atomic E-state index is 6.93. The standard InChI is InChI=1S/C56H39NO/c1-55(2)47-28-16-15-27-45(47)51-43-25-12-13-26-44(43)54-52(53(51)55)46-34-39(31-33-50(46)58-54)57(38-22-10-5-11-23-38)40-30-32-42-41-24-14-17-29-48(41)56(49(42)35-40,36-18-6-3-7-19-36)37-20-8-4-9-21-37/h3-35H,1-2H3. The summed E-state index contributed by atoms with van der Waals surface area (Å²) in [4.78, 5) is 2.42. The van der Waals surface area contributed by atoms with Crippen LogP contribution in [0.5, 0.6) is 0 Å². The summed E-state index contributed by atoms with van der Waals surface area (Å²) in [6.07, 6.45) is 0. The van der Waals surface area contributed by atoms with E-state index in [4.69, 9.17) is 4.42 Å². The van der Waals surface area contributed by atoms with E-state index in [1.807, 2.05) is 0 Å². The number of rotatable bonds is 5. The number of hydrogen-bond donors (Lipinski definition) is 0. The zero-order valence-electron chi connectivity index (χ0n) is 32.4. The van der Waals surface area contributed by atoms with Crippen LogP contribution in [0.25, 0.3) is 55.0 Å². The Morgan fingerprint density at radius 3 is 1.69 bits per heavy atom. The third kappa shape index (κ3) is 4.38. The van der Waals surface area contributed by atoms with Gasteiger partial charge in [0.15, 0.2) is 0 Å². The highest BCUT2D eigenvalue weighted by atomic mass is 16.3. The van der Waals surface area contributed by atoms with Gasteiger partial charge in [-0.25, -0.2) is 0 Å². The van der Waals surface area contributed by atoms with Crippen molar-refractivity contribution in [2.45, 2.75) is 24.7 Å². The Labute approximate surface area is 338 Å². The zero-order chi connectivity index (χ0) is 38.6. The van der Waals surface area contributed by atoms with Crippen molar-refractivity contribution in [1.29, 1.82) is 0 Å². The van der Waals surface area contributed by atoms with Gasteiger partial charge < -0.3 is 9.32 Å². The molecule has 12 rings (SSSR count). The summed E-state index contributed by atoms with van der Waals surface area (Å²) in [5.74, 6) is 0. The summed E-state index contributed by atoms with van der Waals surface area (Å²) in [5.41, 5.74) is 17.4. The number of anilines is 3. The molecule has 0 aliphatic heterocycles. The number of nitrogens with zero attached hydrogens (tertiary/aromatic N) is 1. The fraction of sp³-hybridized carbons (Fsp3) is 0.0714. The van der Waals surface area contributed by atoms with Gasteiger partial charge in [0.25, 0.3) is 0 Å². The zero-order valence-corrected chi connectivity index (χ0v) is 32.4. The van der Waals surface area contributed by atoms with Gasteiger partial charge in [0.1, 0.15) is 11.2 Å². The van der Waals surface area contributed by atoms with E-state index in [9.17, 15) is 0 Å². The van der Waals surface area contributed by atoms with Crippen LogP contribution in [0, 0.1) is 0 Å². The third-order valence-electron chi connectivity index (χ3n) is 13.1. The Morgan fingerprint density at radius 2 is 0.966 bits per heavy atom. The fourth-order valence-electron chi connectivity index (χ4n) is 10.7. The first-order valence-electron chi connectivity index (χ1n) is 20.3. The second kappa shape index (κ2) is 12.2. The van der Waals surface area contributed by atoms with Crippen molar-refractivity contribution < 1.29 is 4.42 Å². The number of furan rings is 1. The molecule has 0 spiro atoms. The first-order chi connectivity index (χ1) is 28.5. The molecule has 2 aliphatic rings. The van der Waals surface area contributed by atoms with Crippen molar-refractivity contribution in [3.8, 4) is 22.3 Å². The number of fused-ring (bicyclic) bond motifs is 13. The molecule has 58 heavy (non-hydrogen) atoms. The molecule has 10 aromatic rings. The van der Waals surface area contributed by atoms with Crippen LogP contribution in [0.15, 0.2) is 205 Å². The van der Waals surface area contributed by atoms with E-state index in [-0.39, 0.29) is 5.41 Å². The lowest BCUT2D eigenvalue weighted by atomic mass is 9.67. The normalized spacial score (nSPS) is 14.3. The first kappa shape index (κ1) is 33.0. The summed E-state index contributed by atoms with van der Waals surface area (Å²) in [6, 6.07) is 73.4. The van der Waals surface area contributed by atoms with Gasteiger partial charge in [-0.05, 0) is 103 Å². The van der Waals surface area contributed by atoms with Crippen LogP contribution in [-0.4, -0.2) is 0 Å². The molecule has 0 N–H and O–H groups in total. The molecule has 0 fully saturated rings. The van der Waals surface area contributed by atoms with Gasteiger partial charge in [-0.3, -0.25) is 0 Å². The van der Waals surface area contributed by atoms with Crippen LogP contribution in [0.4, 0.5) is 17.1 Å². The fourth-order valence-corrected chi connectivity index (χ4v) is 10.7. The van der Waals surface area contributed by atoms with Gasteiger partial charge in [0.2, 0.25) is 0 Å². The van der Waals surface area contributed by atoms with Gasteiger partial charge >= 0.3 is 0 Å². The lowest BCUT2D eigenvalue weighted by Gasteiger charge is -2.35. The largest absolute Gasteiger partial charge is 0.455 e. The molecule has 0 radical (unpaired) electrons. The van der Waals surface area contributed by atoms with Gasteiger partial charge in [-0.2, -0.15) is 0 Å². The molecule has 2 nitrogen and oxygen atoms in total. The molecule has 0 saturated heterocycles. The van der Waals surface area contributed by atoms with Crippen molar-refractivity contribution in [2.24, 2.45) is 0 Å². The summed E-state index contributed by atoms with van der Waals surface area (Å²) in [7, 11) is 0. The first-order valence-corrected chi connectivity index (χ1v) is 20.3. The summed E-state index contributed by atoms with van der Waals surface area (Å²) >= 11 is 0. The van der Waals surface area contributed by atoms with Crippen molar-refractivity contribution >= 4 is 49.8 Å². The SMILES string of the molecule is CC1(C)c2ccccc2-c2c1c1c3cc(N(c4ccccc4)c4ccc5c(c4)C(c4ccccc4)(c4ccccc4)c4ccccc4-5)ccc3oc1c1ccccc21. The molecule has 2 heteroatoms. The van der Waals surface area contributed by atoms with E-state index in [0.717, 1.165) is 39.0 Å². The van der Waals surface area contributed by atoms with Crippen LogP contribution in [-0.2, 0) is 10.8 Å². The van der Waals surface area contributed by atoms with Crippen molar-refractivity contribution in [3.05, 3.63) is 234 Å². The van der Waals surface area contributed by atoms with Crippen LogP contribution >= 0.6 is 0 Å². The number of benzene rings is 9. The number of para-hydroxylation sites is 1. The Hall–Kier alpha value is -7.16. The Morgan fingerprint density at radius 1 is 0.414 bits per heavy atom. The summed E-state index contributed by atoms with van der Waals surface area (Å²) in [6.45, 7) is 4.75. The minimum Gasteiger partial charge on any atom is -0.455 e. The maximum Gasteiger partial charge on any atom is 0.143 e. The molecule has 1 heterocycles. The average Bonchev–Trinajstić information content (AvgIpc) is 3.89. The molecular formula is C56H39NO. The summed E-state index contributed by atoms with van der Waals surface area (Å²) < 4.78 is 6.93. The predicted molar refractivity (Wildman–Crippen MR) is 241 cm³/mol. The van der Waals surface area contributed by atoms with Gasteiger partial charge in [-0.15, -0.1) is 0 Å². The molecule has 1 aromatic heterocycles. The average molecular weight is 742 g/mol. The lowest BCUT2D eigenvalue weighted by molar-refractivity contribution is 0.659. The highest BCUT2D eigenvalue weighted by Crippen LogP contribution is 2.59. The van der Waals surface area contributed by atoms with E-state index >= 15 is 0 Å². The quantitative estimate of drug-likeness (QED) is 0.175. The van der Waals surface area contributed by atoms with Crippen LogP contribution in [0.3, 0.4) is 0 Å². The van der Waals surface area contributed by atoms with Crippen LogP contribution < -0.4 is 4.90 Å². The van der Waals surface area contributed by atoms with E-state index < -0.39 is 5.41 Å². The molecule has 0 bridgehead atoms. The monoisotopic (exact) mass is 741 g/mol. The predicted octanol–water partition coefficient (Wildman–Crippen LogP) is 14.9. The summed E-state index contributed by atoms with van der Waals surface area (Å²) in [5, 5.41) is 4.73. The van der Waals surface area contributed by atoms with Crippen molar-refractivity contribution in [1.82, 2.24) is 0 Å². The molecule has 0 amide bonds. The molecule has 2 aliphatic carbocycles. The molecular weight excluding hydrogens is 703 g/mol. The van der Waals surface area contributed by atoms with E-state index in [0.29, 0.717) is 0 Å².